The van der Waals surface area contributed by atoms with Crippen molar-refractivity contribution in [3.05, 3.63) is 36.7 Å². The molecule has 0 saturated carbocycles. The molecule has 1 aliphatic heterocycles. The van der Waals surface area contributed by atoms with E-state index in [1.54, 1.807) is 32.2 Å². The number of rotatable bonds is 12. The molecule has 15 nitrogen and oxygen atoms in total. The van der Waals surface area contributed by atoms with Crippen molar-refractivity contribution in [3.8, 4) is 5.75 Å². The molecule has 0 spiro atoms. The number of aromatic nitrogens is 4. The molecule has 17 heteroatoms. The zero-order valence-corrected chi connectivity index (χ0v) is 22.8. The van der Waals surface area contributed by atoms with Gasteiger partial charge in [-0.1, -0.05) is 18.2 Å². The third-order valence-electron chi connectivity index (χ3n) is 6.10. The number of hydrogen-bond donors (Lipinski definition) is 5. The van der Waals surface area contributed by atoms with Gasteiger partial charge in [-0.05, 0) is 26.0 Å². The molecular formula is C23H31FN7O8P. The summed E-state index contributed by atoms with van der Waals surface area (Å²) in [7, 11) is -2.75. The van der Waals surface area contributed by atoms with Gasteiger partial charge in [-0.15, -0.1) is 0 Å². The number of carbonyl (C=O) groups is 1. The van der Waals surface area contributed by atoms with Crippen molar-refractivity contribution in [1.29, 1.82) is 0 Å². The molecule has 1 fully saturated rings. The predicted molar refractivity (Wildman–Crippen MR) is 140 cm³/mol. The van der Waals surface area contributed by atoms with Crippen molar-refractivity contribution < 1.29 is 42.5 Å². The molecule has 3 heterocycles. The van der Waals surface area contributed by atoms with Gasteiger partial charge >= 0.3 is 13.7 Å². The molecule has 3 aromatic rings. The molecule has 1 saturated heterocycles. The molecule has 6 N–H and O–H groups in total. The van der Waals surface area contributed by atoms with Crippen LogP contribution < -0.4 is 20.7 Å². The number of nitrogens with one attached hydrogen (secondary N) is 2. The first-order valence-electron chi connectivity index (χ1n) is 12.3. The highest BCUT2D eigenvalue weighted by molar-refractivity contribution is 7.52. The molecular weight excluding hydrogens is 552 g/mol. The number of alkyl halides is 1. The average Bonchev–Trinajstić information content (AvgIpc) is 3.46. The highest BCUT2D eigenvalue weighted by Crippen LogP contribution is 2.48. The number of aliphatic hydroxyl groups excluding tert-OH is 2. The number of esters is 1. The number of ether oxygens (including phenoxy) is 2. The van der Waals surface area contributed by atoms with Crippen LogP contribution in [0.15, 0.2) is 36.7 Å². The van der Waals surface area contributed by atoms with Crippen LogP contribution in [0.25, 0.3) is 11.2 Å². The zero-order chi connectivity index (χ0) is 29.1. The van der Waals surface area contributed by atoms with Crippen LogP contribution >= 0.6 is 7.75 Å². The van der Waals surface area contributed by atoms with Gasteiger partial charge in [-0.3, -0.25) is 13.9 Å². The molecule has 1 aliphatic rings. The maximum Gasteiger partial charge on any atom is 0.459 e. The van der Waals surface area contributed by atoms with Crippen molar-refractivity contribution in [3.63, 3.8) is 0 Å². The largest absolute Gasteiger partial charge is 0.465 e. The zero-order valence-electron chi connectivity index (χ0n) is 21.9. The maximum atomic E-state index is 16.1. The Morgan fingerprint density at radius 3 is 2.73 bits per heavy atom. The summed E-state index contributed by atoms with van der Waals surface area (Å²) >= 11 is 0. The van der Waals surface area contributed by atoms with E-state index >= 15 is 4.39 Å². The Hall–Kier alpha value is -3.40. The van der Waals surface area contributed by atoms with Gasteiger partial charge in [0.2, 0.25) is 11.6 Å². The Bertz CT molecular complexity index is 1380. The third-order valence-corrected chi connectivity index (χ3v) is 7.74. The molecule has 0 amide bonds. The lowest BCUT2D eigenvalue weighted by Crippen LogP contribution is -2.46. The molecule has 4 rings (SSSR count). The van der Waals surface area contributed by atoms with E-state index in [1.165, 1.54) is 25.4 Å². The van der Waals surface area contributed by atoms with Crippen LogP contribution in [0.4, 0.5) is 16.2 Å². The number of imidazole rings is 1. The number of benzene rings is 1. The number of nitrogen functional groups attached to an aromatic ring is 1. The highest BCUT2D eigenvalue weighted by Gasteiger charge is 2.59. The standard InChI is InChI=1S/C23H31FN7O8P/c1-4-36-20(34)13(2)30-40(35,39-14-8-6-5-7-9-14)37-10-15-17(33)23(24,11-32)21(38-15)31-12-27-16-18(26-3)28-22(25)29-19(16)31/h5-9,12-13,15,17,21,32-33H,4,10-11H2,1-3H3,(H,30,35)(H3,25,26,28,29)/t13-,15+,17+,21+,23+,40-/m0/s1. The molecule has 1 aromatic carbocycles. The fourth-order valence-corrected chi connectivity index (χ4v) is 5.63. The van der Waals surface area contributed by atoms with Gasteiger partial charge in [-0.2, -0.15) is 15.1 Å². The molecule has 40 heavy (non-hydrogen) atoms. The fourth-order valence-electron chi connectivity index (χ4n) is 4.13. The van der Waals surface area contributed by atoms with Crippen LogP contribution in [0.5, 0.6) is 5.75 Å². The van der Waals surface area contributed by atoms with Gasteiger partial charge in [0, 0.05) is 7.05 Å². The minimum Gasteiger partial charge on any atom is -0.465 e. The van der Waals surface area contributed by atoms with Crippen LogP contribution in [0, 0.1) is 0 Å². The van der Waals surface area contributed by atoms with Crippen molar-refractivity contribution in [2.24, 2.45) is 0 Å². The third kappa shape index (κ3) is 5.87. The van der Waals surface area contributed by atoms with Crippen molar-refractivity contribution in [1.82, 2.24) is 24.6 Å². The molecule has 6 atom stereocenters. The van der Waals surface area contributed by atoms with Gasteiger partial charge in [-0.25, -0.2) is 13.9 Å². The van der Waals surface area contributed by atoms with Gasteiger partial charge in [0.25, 0.3) is 0 Å². The number of para-hydroxylation sites is 1. The smallest absolute Gasteiger partial charge is 0.459 e. The highest BCUT2D eigenvalue weighted by atomic mass is 31.2. The topological polar surface area (TPSA) is 205 Å². The van der Waals surface area contributed by atoms with Gasteiger partial charge in [0.15, 0.2) is 23.2 Å². The number of nitrogens with two attached hydrogens (primary N) is 1. The van der Waals surface area contributed by atoms with Crippen molar-refractivity contribution in [2.45, 2.75) is 44.0 Å². The number of fused-ring (bicyclic) bond motifs is 1. The first-order chi connectivity index (χ1) is 19.0. The summed E-state index contributed by atoms with van der Waals surface area (Å²) in [4.78, 5) is 24.5. The van der Waals surface area contributed by atoms with Crippen LogP contribution in [0.1, 0.15) is 20.1 Å². The van der Waals surface area contributed by atoms with E-state index in [4.69, 9.17) is 24.3 Å². The summed E-state index contributed by atoms with van der Waals surface area (Å²) in [6.07, 6.45) is -3.83. The number of aliphatic hydroxyl groups is 2. The van der Waals surface area contributed by atoms with E-state index in [0.29, 0.717) is 0 Å². The van der Waals surface area contributed by atoms with Crippen LogP contribution in [0.3, 0.4) is 0 Å². The van der Waals surface area contributed by atoms with Crippen molar-refractivity contribution >= 4 is 36.6 Å². The molecule has 2 aromatic heterocycles. The Balaban J connectivity index is 1.59. The number of anilines is 2. The minimum absolute atomic E-state index is 0.0779. The molecule has 218 valence electrons. The quantitative estimate of drug-likeness (QED) is 0.150. The van der Waals surface area contributed by atoms with Gasteiger partial charge in [0.05, 0.1) is 26.1 Å². The fraction of sp³-hybridized carbons (Fsp3) is 0.478. The maximum absolute atomic E-state index is 16.1. The summed E-state index contributed by atoms with van der Waals surface area (Å²) in [6, 6.07) is 6.89. The predicted octanol–water partition coefficient (Wildman–Crippen LogP) is 1.15. The van der Waals surface area contributed by atoms with E-state index in [0.717, 1.165) is 4.57 Å². The van der Waals surface area contributed by atoms with Gasteiger partial charge in [0.1, 0.15) is 24.0 Å². The molecule has 0 aliphatic carbocycles. The lowest BCUT2D eigenvalue weighted by molar-refractivity contribution is -0.144. The first kappa shape index (κ1) is 29.6. The number of hydrogen-bond acceptors (Lipinski definition) is 13. The van der Waals surface area contributed by atoms with Crippen LogP contribution in [0.2, 0.25) is 0 Å². The second-order valence-electron chi connectivity index (χ2n) is 8.86. The van der Waals surface area contributed by atoms with E-state index in [1.807, 2.05) is 0 Å². The lowest BCUT2D eigenvalue weighted by Gasteiger charge is -2.27. The monoisotopic (exact) mass is 583 g/mol. The Morgan fingerprint density at radius 2 is 2.08 bits per heavy atom. The Morgan fingerprint density at radius 1 is 1.35 bits per heavy atom. The first-order valence-corrected chi connectivity index (χ1v) is 13.8. The Labute approximate surface area is 228 Å². The lowest BCUT2D eigenvalue weighted by atomic mass is 9.97. The van der Waals surface area contributed by atoms with E-state index in [2.05, 4.69) is 25.4 Å². The Kier molecular flexibility index (Phi) is 8.87. The van der Waals surface area contributed by atoms with Crippen LogP contribution in [-0.2, 0) is 23.4 Å². The average molecular weight is 584 g/mol. The second-order valence-corrected chi connectivity index (χ2v) is 10.6. The van der Waals surface area contributed by atoms with Gasteiger partial charge < -0.3 is 35.3 Å². The van der Waals surface area contributed by atoms with E-state index in [-0.39, 0.29) is 35.3 Å². The number of carbonyl (C=O) groups excluding carboxylic acids is 1. The second kappa shape index (κ2) is 12.0. The number of halogens is 1. The molecule has 0 bridgehead atoms. The number of nitrogens with zero attached hydrogens (tertiary/aromatic N) is 4. The summed E-state index contributed by atoms with van der Waals surface area (Å²) in [5.74, 6) is -0.421. The van der Waals surface area contributed by atoms with Crippen LogP contribution in [-0.4, -0.2) is 86.5 Å². The summed E-state index contributed by atoms with van der Waals surface area (Å²) in [6.45, 7) is 1.29. The van der Waals surface area contributed by atoms with Crippen molar-refractivity contribution in [2.75, 3.05) is 37.9 Å². The summed E-state index contributed by atoms with van der Waals surface area (Å²) in [5.41, 5.74) is 3.35. The minimum atomic E-state index is -4.33. The molecule has 0 unspecified atom stereocenters. The van der Waals surface area contributed by atoms with E-state index in [9.17, 15) is 19.6 Å². The normalized spacial score (nSPS) is 24.9. The summed E-state index contributed by atoms with van der Waals surface area (Å²) < 4.78 is 52.8. The van der Waals surface area contributed by atoms with E-state index < -0.39 is 57.1 Å². The summed E-state index contributed by atoms with van der Waals surface area (Å²) in [5, 5.41) is 26.1. The molecule has 0 radical (unpaired) electrons. The SMILES string of the molecule is CCOC(=O)[C@H](C)N[P@](=O)(OC[C@H]1O[C@@H](n2cnc3c(NC)nc(N)nc32)[C@@](F)(CO)[C@@H]1O)Oc1ccccc1.